The molecule has 0 heterocycles. The zero-order valence-corrected chi connectivity index (χ0v) is 29.2. The maximum atomic E-state index is 3.62. The van der Waals surface area contributed by atoms with Crippen molar-refractivity contribution in [2.75, 3.05) is 0 Å². The molecular formula is C39H40Cl2Ti-2. The first kappa shape index (κ1) is 35.7. The van der Waals surface area contributed by atoms with Gasteiger partial charge in [-0.25, -0.2) is 12.2 Å². The Morgan fingerprint density at radius 2 is 1.19 bits per heavy atom. The molecule has 0 nitrogen and oxygen atoms in total. The predicted octanol–water partition coefficient (Wildman–Crippen LogP) is 4.30. The second-order valence-corrected chi connectivity index (χ2v) is 12.9. The van der Waals surface area contributed by atoms with Crippen molar-refractivity contribution in [2.45, 2.75) is 68.2 Å². The van der Waals surface area contributed by atoms with E-state index in [9.17, 15) is 0 Å². The Morgan fingerprint density at radius 3 is 1.64 bits per heavy atom. The van der Waals surface area contributed by atoms with Crippen LogP contribution < -0.4 is 24.8 Å². The number of rotatable bonds is 2. The Balaban J connectivity index is 0.000000487. The van der Waals surface area contributed by atoms with Crippen molar-refractivity contribution in [3.63, 3.8) is 0 Å². The first-order valence-corrected chi connectivity index (χ1v) is 14.9. The third-order valence-electron chi connectivity index (χ3n) is 7.31. The van der Waals surface area contributed by atoms with Gasteiger partial charge in [0.25, 0.3) is 0 Å². The second kappa shape index (κ2) is 15.8. The van der Waals surface area contributed by atoms with Crippen LogP contribution in [0.3, 0.4) is 0 Å². The molecule has 0 fully saturated rings. The van der Waals surface area contributed by atoms with Gasteiger partial charge in [0.15, 0.2) is 0 Å². The van der Waals surface area contributed by atoms with Gasteiger partial charge < -0.3 is 24.8 Å². The summed E-state index contributed by atoms with van der Waals surface area (Å²) in [6.07, 6.45) is 11.0. The van der Waals surface area contributed by atoms with Crippen LogP contribution in [-0.4, -0.2) is 3.81 Å². The van der Waals surface area contributed by atoms with Crippen molar-refractivity contribution in [3.05, 3.63) is 129 Å². The van der Waals surface area contributed by atoms with Gasteiger partial charge in [0.2, 0.25) is 0 Å². The molecule has 0 atom stereocenters. The van der Waals surface area contributed by atoms with E-state index < -0.39 is 0 Å². The summed E-state index contributed by atoms with van der Waals surface area (Å²) in [5.74, 6) is 0. The van der Waals surface area contributed by atoms with Crippen molar-refractivity contribution in [3.8, 4) is 33.4 Å². The Morgan fingerprint density at radius 1 is 0.690 bits per heavy atom. The number of aryl methyl sites for hydroxylation is 6. The van der Waals surface area contributed by atoms with Crippen LogP contribution in [0.2, 0.25) is 0 Å². The maximum absolute atomic E-state index is 3.62. The van der Waals surface area contributed by atoms with E-state index in [0.29, 0.717) is 0 Å². The summed E-state index contributed by atoms with van der Waals surface area (Å²) < 4.78 is 1.42. The standard InChI is InChI=1S/C31H29.C5H5.C3H6.2ClH.Ti/c1-18-11-20(3)30(21(4)12-18)26-9-7-24-15-25-8-10-27(17-29(25)28(24)16-26)31-22(5)13-19(2)14-23(31)6;1-2-4-5-3-1;1-3-2;;;/h7,9-14,16-17H,15H2,1-6H3;1-3H,4H2;1-2H3;2*1H;/q2*-1;;;;+2/p-2. The molecule has 216 valence electrons. The molecule has 3 heteroatoms. The number of hydrogen-bond donors (Lipinski definition) is 0. The van der Waals surface area contributed by atoms with Gasteiger partial charge in [0.05, 0.1) is 0 Å². The molecule has 0 aliphatic heterocycles. The van der Waals surface area contributed by atoms with Crippen LogP contribution in [0.15, 0.2) is 72.8 Å². The minimum atomic E-state index is 0. The van der Waals surface area contributed by atoms with Crippen LogP contribution in [0.1, 0.15) is 64.8 Å². The van der Waals surface area contributed by atoms with Gasteiger partial charge in [-0.15, -0.1) is 17.5 Å². The molecule has 0 bridgehead atoms. The van der Waals surface area contributed by atoms with Gasteiger partial charge in [0, 0.05) is 0 Å². The quantitative estimate of drug-likeness (QED) is 0.203. The first-order valence-electron chi connectivity index (χ1n) is 14.1. The minimum Gasteiger partial charge on any atom is -1.00 e. The van der Waals surface area contributed by atoms with Gasteiger partial charge in [-0.1, -0.05) is 81.4 Å². The van der Waals surface area contributed by atoms with Crippen LogP contribution in [0.25, 0.3) is 33.4 Å². The van der Waals surface area contributed by atoms with Crippen molar-refractivity contribution in [2.24, 2.45) is 0 Å². The summed E-state index contributed by atoms with van der Waals surface area (Å²) in [5, 5.41) is 0. The van der Waals surface area contributed by atoms with E-state index in [1.807, 2.05) is 12.2 Å². The number of fused-ring (bicyclic) bond motifs is 3. The van der Waals surface area contributed by atoms with Gasteiger partial charge in [0.1, 0.15) is 0 Å². The average Bonchev–Trinajstić information content (AvgIpc) is 3.54. The third kappa shape index (κ3) is 8.55. The van der Waals surface area contributed by atoms with Crippen molar-refractivity contribution < 1.29 is 44.8 Å². The van der Waals surface area contributed by atoms with Crippen LogP contribution in [0.5, 0.6) is 0 Å². The molecule has 0 spiro atoms. The van der Waals surface area contributed by atoms with Crippen LogP contribution in [0, 0.1) is 53.7 Å². The van der Waals surface area contributed by atoms with Gasteiger partial charge in [-0.3, -0.25) is 6.08 Å². The molecule has 42 heavy (non-hydrogen) atoms. The van der Waals surface area contributed by atoms with Crippen molar-refractivity contribution in [1.82, 2.24) is 0 Å². The number of allylic oxidation sites excluding steroid dienone is 4. The molecule has 0 aromatic heterocycles. The Kier molecular flexibility index (Phi) is 13.5. The van der Waals surface area contributed by atoms with E-state index in [1.54, 1.807) is 0 Å². The number of benzene rings is 4. The molecule has 0 unspecified atom stereocenters. The van der Waals surface area contributed by atoms with Crippen molar-refractivity contribution >= 4 is 3.81 Å². The molecule has 2 aliphatic rings. The van der Waals surface area contributed by atoms with E-state index in [2.05, 4.69) is 148 Å². The van der Waals surface area contributed by atoms with Crippen LogP contribution in [0.4, 0.5) is 0 Å². The molecule has 6 rings (SSSR count). The largest absolute Gasteiger partial charge is 1.00 e. The van der Waals surface area contributed by atoms with Crippen LogP contribution >= 0.6 is 0 Å². The van der Waals surface area contributed by atoms with E-state index >= 15 is 0 Å². The molecule has 0 radical (unpaired) electrons. The maximum Gasteiger partial charge on any atom is -0.0125 e. The SMILES string of the molecule is C[C](C)=[Ti+2].Cc1cc(C)c(-c2c[c-]c3c(c2)-c2cc(-c4c(C)cc(C)cc4C)ccc2C3)c(C)c1.[C-]1=CC=CC1.[Cl-].[Cl-]. The molecule has 0 saturated heterocycles. The van der Waals surface area contributed by atoms with Gasteiger partial charge in [-0.05, 0) is 70.2 Å². The van der Waals surface area contributed by atoms with E-state index in [4.69, 9.17) is 0 Å². The number of hydrogen-bond acceptors (Lipinski definition) is 0. The fourth-order valence-corrected chi connectivity index (χ4v) is 6.00. The smallest absolute Gasteiger partial charge is 0.0125 e. The zero-order chi connectivity index (χ0) is 29.0. The van der Waals surface area contributed by atoms with E-state index in [0.717, 1.165) is 12.8 Å². The normalized spacial score (nSPS) is 11.7. The van der Waals surface area contributed by atoms with Gasteiger partial charge in [-0.2, -0.15) is 29.8 Å². The molecular weight excluding hydrogens is 587 g/mol. The third-order valence-corrected chi connectivity index (χ3v) is 7.31. The molecule has 4 aromatic carbocycles. The molecule has 4 aromatic rings. The summed E-state index contributed by atoms with van der Waals surface area (Å²) in [6, 6.07) is 24.4. The minimum absolute atomic E-state index is 0. The summed E-state index contributed by atoms with van der Waals surface area (Å²) in [5.41, 5.74) is 18.8. The fraction of sp³-hybridized carbons (Fsp3) is 0.256. The molecule has 2 aliphatic carbocycles. The van der Waals surface area contributed by atoms with Crippen LogP contribution in [-0.2, 0) is 26.4 Å². The summed E-state index contributed by atoms with van der Waals surface area (Å²) in [7, 11) is 0. The molecule has 0 amide bonds. The first-order chi connectivity index (χ1) is 19.0. The Bertz CT molecular complexity index is 1470. The average molecular weight is 628 g/mol. The Labute approximate surface area is 278 Å². The molecule has 0 N–H and O–H groups in total. The zero-order valence-electron chi connectivity index (χ0n) is 26.1. The predicted molar refractivity (Wildman–Crippen MR) is 171 cm³/mol. The summed E-state index contributed by atoms with van der Waals surface area (Å²) >= 11 is 2.08. The van der Waals surface area contributed by atoms with Gasteiger partial charge >= 0.3 is 37.6 Å². The van der Waals surface area contributed by atoms with E-state index in [1.165, 1.54) is 81.7 Å². The fourth-order valence-electron chi connectivity index (χ4n) is 6.00. The summed E-state index contributed by atoms with van der Waals surface area (Å²) in [6.45, 7) is 17.4. The van der Waals surface area contributed by atoms with Crippen molar-refractivity contribution in [1.29, 1.82) is 0 Å². The summed E-state index contributed by atoms with van der Waals surface area (Å²) in [4.78, 5) is 0. The topological polar surface area (TPSA) is 0 Å². The molecule has 0 saturated carbocycles. The monoisotopic (exact) mass is 626 g/mol. The number of halogens is 2. The Hall–Kier alpha value is -2.48. The second-order valence-electron chi connectivity index (χ2n) is 11.4. The van der Waals surface area contributed by atoms with E-state index in [-0.39, 0.29) is 24.8 Å².